The molecule has 0 saturated heterocycles. The minimum Gasteiger partial charge on any atom is -0.397 e. The van der Waals surface area contributed by atoms with Crippen LogP contribution in [0, 0.1) is 10.1 Å². The molecule has 1 N–H and O–H groups in total. The second-order valence-electron chi connectivity index (χ2n) is 5.06. The van der Waals surface area contributed by atoms with Crippen LogP contribution in [0.15, 0.2) is 52.3 Å². The smallest absolute Gasteiger partial charge is 0.397 e. The molecular formula is C16H9ClN4O3S. The fraction of sp³-hybridized carbons (Fsp3) is 0. The predicted octanol–water partition coefficient (Wildman–Crippen LogP) is 5.26. The molecule has 0 atom stereocenters. The fourth-order valence-electron chi connectivity index (χ4n) is 2.31. The third kappa shape index (κ3) is 3.04. The Morgan fingerprint density at radius 2 is 2.08 bits per heavy atom. The van der Waals surface area contributed by atoms with Crippen molar-refractivity contribution in [1.82, 2.24) is 9.97 Å². The van der Waals surface area contributed by atoms with Crippen molar-refractivity contribution in [2.75, 3.05) is 5.32 Å². The first kappa shape index (κ1) is 15.6. The average Bonchev–Trinajstić information content (AvgIpc) is 3.24. The van der Waals surface area contributed by atoms with E-state index in [0.29, 0.717) is 10.8 Å². The van der Waals surface area contributed by atoms with E-state index < -0.39 is 4.92 Å². The van der Waals surface area contributed by atoms with Gasteiger partial charge in [-0.05, 0) is 35.7 Å². The zero-order chi connectivity index (χ0) is 17.4. The van der Waals surface area contributed by atoms with Crippen molar-refractivity contribution in [2.24, 2.45) is 0 Å². The number of halogens is 1. The van der Waals surface area contributed by atoms with Gasteiger partial charge in [-0.1, -0.05) is 17.7 Å². The summed E-state index contributed by atoms with van der Waals surface area (Å²) in [6.45, 7) is 0. The largest absolute Gasteiger partial charge is 0.433 e. The maximum Gasteiger partial charge on any atom is 0.433 e. The van der Waals surface area contributed by atoms with Crippen LogP contribution < -0.4 is 5.32 Å². The number of benzene rings is 1. The highest BCUT2D eigenvalue weighted by Gasteiger charge is 2.17. The van der Waals surface area contributed by atoms with Gasteiger partial charge in [0, 0.05) is 10.7 Å². The highest BCUT2D eigenvalue weighted by Crippen LogP contribution is 2.32. The molecule has 3 heterocycles. The van der Waals surface area contributed by atoms with Crippen LogP contribution in [0.1, 0.15) is 0 Å². The van der Waals surface area contributed by atoms with Crippen LogP contribution in [0.3, 0.4) is 0 Å². The third-order valence-corrected chi connectivity index (χ3v) is 4.53. The molecule has 0 spiro atoms. The number of nitro groups is 1. The number of anilines is 2. The number of fused-ring (bicyclic) bond motifs is 1. The summed E-state index contributed by atoms with van der Waals surface area (Å²) < 4.78 is 6.08. The summed E-state index contributed by atoms with van der Waals surface area (Å²) >= 11 is 7.51. The van der Waals surface area contributed by atoms with Gasteiger partial charge < -0.3 is 9.73 Å². The molecule has 0 aliphatic heterocycles. The maximum absolute atomic E-state index is 10.8. The molecule has 0 amide bonds. The number of rotatable bonds is 4. The summed E-state index contributed by atoms with van der Waals surface area (Å²) in [5.41, 5.74) is 1.50. The summed E-state index contributed by atoms with van der Waals surface area (Å²) in [5, 5.41) is 16.5. The van der Waals surface area contributed by atoms with Crippen molar-refractivity contribution in [3.05, 3.63) is 63.0 Å². The molecule has 3 aromatic heterocycles. The van der Waals surface area contributed by atoms with Gasteiger partial charge >= 0.3 is 5.88 Å². The number of nitrogens with zero attached hydrogens (tertiary/aromatic N) is 3. The Morgan fingerprint density at radius 1 is 1.20 bits per heavy atom. The maximum atomic E-state index is 10.8. The van der Waals surface area contributed by atoms with Crippen molar-refractivity contribution in [2.45, 2.75) is 0 Å². The van der Waals surface area contributed by atoms with Crippen molar-refractivity contribution in [3.8, 4) is 11.6 Å². The van der Waals surface area contributed by atoms with Gasteiger partial charge in [-0.15, -0.1) is 11.3 Å². The Kier molecular flexibility index (Phi) is 3.83. The van der Waals surface area contributed by atoms with Crippen LogP contribution in [0.5, 0.6) is 0 Å². The number of aromatic nitrogens is 2. The molecule has 0 bridgehead atoms. The van der Waals surface area contributed by atoms with Crippen LogP contribution >= 0.6 is 22.9 Å². The van der Waals surface area contributed by atoms with Crippen LogP contribution in [-0.4, -0.2) is 14.9 Å². The van der Waals surface area contributed by atoms with Gasteiger partial charge in [0.1, 0.15) is 4.92 Å². The standard InChI is InChI=1S/C16H9ClN4O3S/c17-9-2-1-3-10(8-9)18-16-14-11(6-7-25-14)19-15(20-16)12-4-5-13(24-12)21(22)23/h1-8H,(H,18,19,20). The zero-order valence-electron chi connectivity index (χ0n) is 12.5. The number of furan rings is 1. The van der Waals surface area contributed by atoms with E-state index in [1.165, 1.54) is 23.5 Å². The van der Waals surface area contributed by atoms with Crippen LogP contribution in [0.4, 0.5) is 17.4 Å². The molecule has 0 aliphatic carbocycles. The lowest BCUT2D eigenvalue weighted by Gasteiger charge is -2.08. The number of hydrogen-bond acceptors (Lipinski definition) is 7. The monoisotopic (exact) mass is 372 g/mol. The fourth-order valence-corrected chi connectivity index (χ4v) is 3.27. The van der Waals surface area contributed by atoms with Crippen molar-refractivity contribution >= 4 is 50.5 Å². The van der Waals surface area contributed by atoms with E-state index >= 15 is 0 Å². The minimum atomic E-state index is -0.599. The predicted molar refractivity (Wildman–Crippen MR) is 96.5 cm³/mol. The average molecular weight is 373 g/mol. The quantitative estimate of drug-likeness (QED) is 0.388. The summed E-state index contributed by atoms with van der Waals surface area (Å²) in [6.07, 6.45) is 0. The van der Waals surface area contributed by atoms with E-state index in [2.05, 4.69) is 15.3 Å². The van der Waals surface area contributed by atoms with Crippen LogP contribution in [0.2, 0.25) is 5.02 Å². The first-order chi connectivity index (χ1) is 12.1. The second-order valence-corrected chi connectivity index (χ2v) is 6.41. The Morgan fingerprint density at radius 3 is 2.84 bits per heavy atom. The van der Waals surface area contributed by atoms with E-state index in [-0.39, 0.29) is 17.5 Å². The number of nitrogens with one attached hydrogen (secondary N) is 1. The van der Waals surface area contributed by atoms with Crippen LogP contribution in [-0.2, 0) is 0 Å². The summed E-state index contributed by atoms with van der Waals surface area (Å²) in [6, 6.07) is 11.9. The Hall–Kier alpha value is -2.97. The molecule has 124 valence electrons. The van der Waals surface area contributed by atoms with E-state index in [0.717, 1.165) is 15.9 Å². The van der Waals surface area contributed by atoms with Gasteiger partial charge in [0.25, 0.3) is 0 Å². The Balaban J connectivity index is 1.80. The summed E-state index contributed by atoms with van der Waals surface area (Å²) in [4.78, 5) is 19.1. The van der Waals surface area contributed by atoms with Gasteiger partial charge in [0.05, 0.1) is 16.3 Å². The molecule has 9 heteroatoms. The molecule has 0 fully saturated rings. The summed E-state index contributed by atoms with van der Waals surface area (Å²) in [5.74, 6) is 0.724. The topological polar surface area (TPSA) is 94.1 Å². The molecule has 0 radical (unpaired) electrons. The number of hydrogen-bond donors (Lipinski definition) is 1. The molecular weight excluding hydrogens is 364 g/mol. The van der Waals surface area contributed by atoms with E-state index in [4.69, 9.17) is 16.0 Å². The first-order valence-electron chi connectivity index (χ1n) is 7.12. The van der Waals surface area contributed by atoms with Crippen molar-refractivity contribution in [1.29, 1.82) is 0 Å². The first-order valence-corrected chi connectivity index (χ1v) is 8.38. The molecule has 25 heavy (non-hydrogen) atoms. The van der Waals surface area contributed by atoms with Crippen LogP contribution in [0.25, 0.3) is 21.8 Å². The minimum absolute atomic E-state index is 0.231. The Bertz CT molecular complexity index is 1090. The Labute approximate surface area is 150 Å². The van der Waals surface area contributed by atoms with E-state index in [1.807, 2.05) is 23.6 Å². The lowest BCUT2D eigenvalue weighted by atomic mass is 10.3. The molecule has 1 aromatic carbocycles. The van der Waals surface area contributed by atoms with Gasteiger partial charge in [-0.2, -0.15) is 0 Å². The molecule has 7 nitrogen and oxygen atoms in total. The van der Waals surface area contributed by atoms with Crippen molar-refractivity contribution in [3.63, 3.8) is 0 Å². The lowest BCUT2D eigenvalue weighted by Crippen LogP contribution is -1.97. The van der Waals surface area contributed by atoms with Gasteiger partial charge in [0.15, 0.2) is 17.4 Å². The second kappa shape index (κ2) is 6.15. The lowest BCUT2D eigenvalue weighted by molar-refractivity contribution is -0.401. The number of thiophene rings is 1. The summed E-state index contributed by atoms with van der Waals surface area (Å²) in [7, 11) is 0. The zero-order valence-corrected chi connectivity index (χ0v) is 14.0. The normalized spacial score (nSPS) is 10.9. The van der Waals surface area contributed by atoms with Gasteiger partial charge in [-0.3, -0.25) is 10.1 Å². The molecule has 4 aromatic rings. The molecule has 0 unspecified atom stereocenters. The van der Waals surface area contributed by atoms with E-state index in [9.17, 15) is 10.1 Å². The SMILES string of the molecule is O=[N+]([O-])c1ccc(-c2nc(Nc3cccc(Cl)c3)c3sccc3n2)o1. The molecule has 4 rings (SSSR count). The van der Waals surface area contributed by atoms with Gasteiger partial charge in [-0.25, -0.2) is 9.97 Å². The van der Waals surface area contributed by atoms with Gasteiger partial charge in [0.2, 0.25) is 0 Å². The molecule has 0 saturated carbocycles. The highest BCUT2D eigenvalue weighted by molar-refractivity contribution is 7.17. The van der Waals surface area contributed by atoms with E-state index in [1.54, 1.807) is 12.1 Å². The molecule has 0 aliphatic rings. The van der Waals surface area contributed by atoms with Crippen molar-refractivity contribution < 1.29 is 9.34 Å². The third-order valence-electron chi connectivity index (χ3n) is 3.38. The highest BCUT2D eigenvalue weighted by atomic mass is 35.5.